The monoisotopic (exact) mass is 454 g/mol. The molecule has 0 aromatic heterocycles. The number of hydrogen-bond acceptors (Lipinski definition) is 4. The number of rotatable bonds is 7. The first-order valence-corrected chi connectivity index (χ1v) is 11.4. The molecular formula is C27H38N2O4. The highest BCUT2D eigenvalue weighted by molar-refractivity contribution is 6.00. The minimum Gasteiger partial charge on any atom is -0.496 e. The predicted octanol–water partition coefficient (Wildman–Crippen LogP) is 5.63. The van der Waals surface area contributed by atoms with Crippen molar-refractivity contribution in [3.8, 4) is 11.5 Å². The summed E-state index contributed by atoms with van der Waals surface area (Å²) in [6, 6.07) is 8.87. The van der Waals surface area contributed by atoms with Crippen LogP contribution in [0.1, 0.15) is 77.9 Å². The number of carbonyl (C=O) groups is 2. The topological polar surface area (TPSA) is 67.9 Å². The highest BCUT2D eigenvalue weighted by Gasteiger charge is 2.35. The maximum atomic E-state index is 13.7. The lowest BCUT2D eigenvalue weighted by molar-refractivity contribution is 0.0271. The Kier molecular flexibility index (Phi) is 8.53. The van der Waals surface area contributed by atoms with E-state index in [-0.39, 0.29) is 17.4 Å². The second-order valence-corrected chi connectivity index (χ2v) is 9.67. The standard InChI is InChI=1S/C27H38N2O4/c1-10-11-24(27(5,6)7)29(26(31)21-13-17(2)12-18(3)14-21)28-25(30)20-15-22(32-8)19(4)23(16-20)33-9/h12-16,24H,10-11H2,1-9H3,(H,28,30)/t24-/m0/s1. The van der Waals surface area contributed by atoms with Crippen LogP contribution in [0.25, 0.3) is 0 Å². The fourth-order valence-electron chi connectivity index (χ4n) is 4.12. The SMILES string of the molecule is CCC[C@H](N(NC(=O)c1cc(OC)c(C)c(OC)c1)C(=O)c1cc(C)cc(C)c1)C(C)(C)C. The van der Waals surface area contributed by atoms with E-state index in [0.29, 0.717) is 22.6 Å². The normalized spacial score (nSPS) is 12.2. The summed E-state index contributed by atoms with van der Waals surface area (Å²) in [7, 11) is 3.10. The number of ether oxygens (including phenoxy) is 2. The minimum atomic E-state index is -0.394. The number of hydrazine groups is 1. The minimum absolute atomic E-state index is 0.200. The zero-order valence-corrected chi connectivity index (χ0v) is 21.5. The van der Waals surface area contributed by atoms with Gasteiger partial charge in [-0.25, -0.2) is 5.01 Å². The van der Waals surface area contributed by atoms with Gasteiger partial charge in [-0.1, -0.05) is 51.3 Å². The Hall–Kier alpha value is -3.02. The largest absolute Gasteiger partial charge is 0.496 e. The van der Waals surface area contributed by atoms with Crippen molar-refractivity contribution < 1.29 is 19.1 Å². The van der Waals surface area contributed by atoms with E-state index in [1.807, 2.05) is 39.0 Å². The molecule has 0 spiro atoms. The molecule has 6 nitrogen and oxygen atoms in total. The summed E-state index contributed by atoms with van der Waals surface area (Å²) < 4.78 is 10.9. The number of nitrogens with zero attached hydrogens (tertiary/aromatic N) is 1. The number of amides is 2. The van der Waals surface area contributed by atoms with Gasteiger partial charge in [0.25, 0.3) is 11.8 Å². The van der Waals surface area contributed by atoms with Crippen molar-refractivity contribution in [2.24, 2.45) is 5.41 Å². The van der Waals surface area contributed by atoms with Crippen LogP contribution in [0, 0.1) is 26.2 Å². The smallest absolute Gasteiger partial charge is 0.272 e. The average Bonchev–Trinajstić information content (AvgIpc) is 2.74. The predicted molar refractivity (Wildman–Crippen MR) is 132 cm³/mol. The van der Waals surface area contributed by atoms with E-state index in [2.05, 4.69) is 33.1 Å². The molecule has 33 heavy (non-hydrogen) atoms. The van der Waals surface area contributed by atoms with Crippen molar-refractivity contribution >= 4 is 11.8 Å². The van der Waals surface area contributed by atoms with Gasteiger partial charge < -0.3 is 9.47 Å². The molecule has 0 radical (unpaired) electrons. The van der Waals surface area contributed by atoms with Crippen LogP contribution in [0.4, 0.5) is 0 Å². The Morgan fingerprint density at radius 1 is 0.909 bits per heavy atom. The second-order valence-electron chi connectivity index (χ2n) is 9.67. The van der Waals surface area contributed by atoms with Crippen LogP contribution in [0.3, 0.4) is 0 Å². The van der Waals surface area contributed by atoms with E-state index in [1.165, 1.54) is 5.01 Å². The van der Waals surface area contributed by atoms with Crippen molar-refractivity contribution in [3.63, 3.8) is 0 Å². The summed E-state index contributed by atoms with van der Waals surface area (Å²) in [5, 5.41) is 1.51. The molecule has 0 aliphatic rings. The van der Waals surface area contributed by atoms with E-state index in [4.69, 9.17) is 9.47 Å². The van der Waals surface area contributed by atoms with Gasteiger partial charge in [0.05, 0.1) is 20.3 Å². The van der Waals surface area contributed by atoms with Crippen molar-refractivity contribution in [1.29, 1.82) is 0 Å². The Bertz CT molecular complexity index is 962. The molecule has 0 saturated heterocycles. The fourth-order valence-corrected chi connectivity index (χ4v) is 4.12. The van der Waals surface area contributed by atoms with Gasteiger partial charge in [0, 0.05) is 16.7 Å². The molecule has 0 fully saturated rings. The molecule has 2 amide bonds. The van der Waals surface area contributed by atoms with Crippen LogP contribution < -0.4 is 14.9 Å². The first-order valence-electron chi connectivity index (χ1n) is 11.4. The number of hydrogen-bond donors (Lipinski definition) is 1. The Morgan fingerprint density at radius 2 is 1.42 bits per heavy atom. The first-order chi connectivity index (χ1) is 15.4. The maximum absolute atomic E-state index is 13.7. The van der Waals surface area contributed by atoms with Crippen molar-refractivity contribution in [1.82, 2.24) is 10.4 Å². The molecular weight excluding hydrogens is 416 g/mol. The van der Waals surface area contributed by atoms with E-state index < -0.39 is 5.91 Å². The summed E-state index contributed by atoms with van der Waals surface area (Å²) >= 11 is 0. The first kappa shape index (κ1) is 26.2. The van der Waals surface area contributed by atoms with Crippen LogP contribution in [0.5, 0.6) is 11.5 Å². The molecule has 0 saturated carbocycles. The molecule has 1 atom stereocenters. The molecule has 0 heterocycles. The zero-order chi connectivity index (χ0) is 24.9. The van der Waals surface area contributed by atoms with Crippen LogP contribution in [0.15, 0.2) is 30.3 Å². The van der Waals surface area contributed by atoms with Gasteiger partial charge in [-0.15, -0.1) is 0 Å². The number of methoxy groups -OCH3 is 2. The highest BCUT2D eigenvalue weighted by atomic mass is 16.5. The number of benzene rings is 2. The zero-order valence-electron chi connectivity index (χ0n) is 21.5. The quantitative estimate of drug-likeness (QED) is 0.551. The summed E-state index contributed by atoms with van der Waals surface area (Å²) in [5.41, 5.74) is 6.38. The lowest BCUT2D eigenvalue weighted by atomic mass is 9.83. The summed E-state index contributed by atoms with van der Waals surface area (Å²) in [6.45, 7) is 14.1. The van der Waals surface area contributed by atoms with Gasteiger partial charge in [0.2, 0.25) is 0 Å². The second kappa shape index (κ2) is 10.7. The maximum Gasteiger partial charge on any atom is 0.272 e. The van der Waals surface area contributed by atoms with Crippen molar-refractivity contribution in [2.45, 2.75) is 67.3 Å². The molecule has 0 bridgehead atoms. The Balaban J connectivity index is 2.54. The number of aryl methyl sites for hydroxylation is 2. The molecule has 1 N–H and O–H groups in total. The van der Waals surface area contributed by atoms with Gasteiger partial charge in [0.1, 0.15) is 11.5 Å². The van der Waals surface area contributed by atoms with Gasteiger partial charge >= 0.3 is 0 Å². The third-order valence-corrected chi connectivity index (χ3v) is 5.80. The molecule has 2 aromatic carbocycles. The Labute approximate surface area is 198 Å². The van der Waals surface area contributed by atoms with Gasteiger partial charge in [-0.2, -0.15) is 0 Å². The summed E-state index contributed by atoms with van der Waals surface area (Å²) in [5.74, 6) is 0.476. The Morgan fingerprint density at radius 3 is 1.85 bits per heavy atom. The van der Waals surface area contributed by atoms with Gasteiger partial charge in [-0.05, 0) is 56.9 Å². The van der Waals surface area contributed by atoms with E-state index >= 15 is 0 Å². The lowest BCUT2D eigenvalue weighted by Gasteiger charge is -2.40. The van der Waals surface area contributed by atoms with Crippen LogP contribution in [0.2, 0.25) is 0 Å². The van der Waals surface area contributed by atoms with Crippen LogP contribution >= 0.6 is 0 Å². The highest BCUT2D eigenvalue weighted by Crippen LogP contribution is 2.31. The van der Waals surface area contributed by atoms with Crippen molar-refractivity contribution in [2.75, 3.05) is 14.2 Å². The molecule has 6 heteroatoms. The molecule has 0 aliphatic heterocycles. The third-order valence-electron chi connectivity index (χ3n) is 5.80. The molecule has 0 unspecified atom stereocenters. The molecule has 2 rings (SSSR count). The van der Waals surface area contributed by atoms with Gasteiger partial charge in [-0.3, -0.25) is 15.0 Å². The van der Waals surface area contributed by atoms with E-state index in [9.17, 15) is 9.59 Å². The lowest BCUT2D eigenvalue weighted by Crippen LogP contribution is -2.56. The molecule has 0 aliphatic carbocycles. The summed E-state index contributed by atoms with van der Waals surface area (Å²) in [4.78, 5) is 27.1. The number of nitrogens with one attached hydrogen (secondary N) is 1. The van der Waals surface area contributed by atoms with Gasteiger partial charge in [0.15, 0.2) is 0 Å². The van der Waals surface area contributed by atoms with Crippen LogP contribution in [-0.2, 0) is 0 Å². The summed E-state index contributed by atoms with van der Waals surface area (Å²) in [6.07, 6.45) is 1.63. The third kappa shape index (κ3) is 6.28. The fraction of sp³-hybridized carbons (Fsp3) is 0.481. The van der Waals surface area contributed by atoms with Crippen molar-refractivity contribution in [3.05, 3.63) is 58.1 Å². The number of carbonyl (C=O) groups excluding carboxylic acids is 2. The molecule has 180 valence electrons. The van der Waals surface area contributed by atoms with E-state index in [1.54, 1.807) is 26.4 Å². The molecule has 2 aromatic rings. The average molecular weight is 455 g/mol. The van der Waals surface area contributed by atoms with E-state index in [0.717, 1.165) is 29.5 Å². The van der Waals surface area contributed by atoms with Crippen LogP contribution in [-0.4, -0.2) is 37.1 Å².